The molecule has 0 bridgehead atoms. The van der Waals surface area contributed by atoms with Crippen LogP contribution in [0.4, 0.5) is 0 Å². The first-order valence-corrected chi connectivity index (χ1v) is 15.5. The summed E-state index contributed by atoms with van der Waals surface area (Å²) in [5.41, 5.74) is 0.791. The molecule has 6 aromatic carbocycles. The molecule has 0 unspecified atom stereocenters. The van der Waals surface area contributed by atoms with Crippen molar-refractivity contribution in [1.29, 1.82) is 0 Å². The zero-order chi connectivity index (χ0) is 32.0. The van der Waals surface area contributed by atoms with Gasteiger partial charge < -0.3 is 14.2 Å². The molecule has 6 rings (SSSR count). The monoisotopic (exact) mass is 674 g/mol. The lowest BCUT2D eigenvalue weighted by Gasteiger charge is -2.27. The number of hydrogen-bond acceptors (Lipinski definition) is 7. The second-order valence-electron chi connectivity index (χ2n) is 10.7. The van der Waals surface area contributed by atoms with Crippen molar-refractivity contribution in [2.45, 2.75) is 17.0 Å². The van der Waals surface area contributed by atoms with Gasteiger partial charge in [-0.15, -0.1) is 0 Å². The van der Waals surface area contributed by atoms with E-state index in [1.165, 1.54) is 0 Å². The fourth-order valence-electron chi connectivity index (χ4n) is 5.18. The van der Waals surface area contributed by atoms with Gasteiger partial charge in [0.05, 0.1) is 21.5 Å². The molecule has 228 valence electrons. The highest BCUT2D eigenvalue weighted by Crippen LogP contribution is 2.24. The smallest absolute Gasteiger partial charge is 0.338 e. The van der Waals surface area contributed by atoms with E-state index in [0.29, 0.717) is 11.8 Å². The van der Waals surface area contributed by atoms with Crippen LogP contribution in [0.2, 0.25) is 0 Å². The predicted molar refractivity (Wildman–Crippen MR) is 179 cm³/mol. The van der Waals surface area contributed by atoms with Gasteiger partial charge in [0.2, 0.25) is 0 Å². The third kappa shape index (κ3) is 6.82. The highest BCUT2D eigenvalue weighted by molar-refractivity contribution is 9.09. The van der Waals surface area contributed by atoms with Crippen LogP contribution in [0.3, 0.4) is 0 Å². The van der Waals surface area contributed by atoms with Gasteiger partial charge in [0.25, 0.3) is 0 Å². The van der Waals surface area contributed by atoms with Crippen LogP contribution in [-0.2, 0) is 19.0 Å². The number of benzene rings is 6. The van der Waals surface area contributed by atoms with Crippen molar-refractivity contribution in [2.75, 3.05) is 6.61 Å². The highest BCUT2D eigenvalue weighted by atomic mass is 79.9. The largest absolute Gasteiger partial charge is 0.461 e. The molecule has 0 spiro atoms. The van der Waals surface area contributed by atoms with Crippen molar-refractivity contribution in [1.82, 2.24) is 0 Å². The fraction of sp³-hybridized carbons (Fsp3) is 0.105. The average Bonchev–Trinajstić information content (AvgIpc) is 3.10. The lowest BCUT2D eigenvalue weighted by atomic mass is 10.1. The quantitative estimate of drug-likeness (QED) is 0.0635. The van der Waals surface area contributed by atoms with Crippen LogP contribution in [0.1, 0.15) is 31.1 Å². The van der Waals surface area contributed by atoms with E-state index in [4.69, 9.17) is 14.2 Å². The summed E-state index contributed by atoms with van der Waals surface area (Å²) in [4.78, 5) is 51.1. The lowest BCUT2D eigenvalue weighted by Crippen LogP contribution is -2.44. The summed E-state index contributed by atoms with van der Waals surface area (Å²) in [6, 6.07) is 37.9. The summed E-state index contributed by atoms with van der Waals surface area (Å²) in [5.74, 6) is -2.12. The van der Waals surface area contributed by atoms with Gasteiger partial charge in [-0.05, 0) is 68.7 Å². The number of aldehydes is 1. The number of ether oxygens (including phenoxy) is 3. The Balaban J connectivity index is 1.23. The van der Waals surface area contributed by atoms with E-state index in [1.807, 2.05) is 78.9 Å². The molecule has 3 atom stereocenters. The molecule has 0 radical (unpaired) electrons. The number of carbonyl (C=O) groups excluding carboxylic acids is 4. The molecule has 0 saturated heterocycles. The number of hydrogen-bond donors (Lipinski definition) is 0. The number of fused-ring (bicyclic) bond motifs is 3. The molecule has 0 aliphatic heterocycles. The normalized spacial score (nSPS) is 13.1. The first kappa shape index (κ1) is 30.7. The van der Waals surface area contributed by atoms with Gasteiger partial charge >= 0.3 is 17.9 Å². The maximum Gasteiger partial charge on any atom is 0.338 e. The molecule has 8 heteroatoms. The van der Waals surface area contributed by atoms with Gasteiger partial charge in [-0.3, -0.25) is 4.79 Å². The molecule has 0 aliphatic carbocycles. The molecule has 0 aliphatic rings. The molecule has 7 nitrogen and oxygen atoms in total. The summed E-state index contributed by atoms with van der Waals surface area (Å²) in [7, 11) is 0. The van der Waals surface area contributed by atoms with Gasteiger partial charge in [0.15, 0.2) is 18.5 Å². The Morgan fingerprint density at radius 1 is 0.543 bits per heavy atom. The Labute approximate surface area is 272 Å². The van der Waals surface area contributed by atoms with Crippen molar-refractivity contribution in [3.05, 3.63) is 144 Å². The van der Waals surface area contributed by atoms with Gasteiger partial charge in [0, 0.05) is 0 Å². The zero-order valence-corrected chi connectivity index (χ0v) is 26.0. The maximum atomic E-state index is 13.4. The summed E-state index contributed by atoms with van der Waals surface area (Å²) in [6.07, 6.45) is -2.46. The third-order valence-electron chi connectivity index (χ3n) is 7.63. The molecule has 0 saturated carbocycles. The van der Waals surface area contributed by atoms with Crippen LogP contribution in [-0.4, -0.2) is 47.8 Å². The Hall–Kier alpha value is -5.34. The molecular formula is C38H27BrO7. The fourth-order valence-corrected chi connectivity index (χ4v) is 5.73. The van der Waals surface area contributed by atoms with Crippen molar-refractivity contribution in [3.8, 4) is 0 Å². The number of rotatable bonds is 10. The molecule has 0 amide bonds. The van der Waals surface area contributed by atoms with Crippen LogP contribution in [0.15, 0.2) is 127 Å². The minimum absolute atomic E-state index is 0.221. The summed E-state index contributed by atoms with van der Waals surface area (Å²) >= 11 is 3.44. The number of alkyl halides is 1. The average molecular weight is 676 g/mol. The van der Waals surface area contributed by atoms with Gasteiger partial charge in [-0.25, -0.2) is 14.4 Å². The first-order valence-electron chi connectivity index (χ1n) is 14.5. The van der Waals surface area contributed by atoms with Crippen LogP contribution in [0, 0.1) is 0 Å². The molecule has 0 fully saturated rings. The van der Waals surface area contributed by atoms with Crippen LogP contribution >= 0.6 is 15.9 Å². The number of carbonyl (C=O) groups is 4. The van der Waals surface area contributed by atoms with Crippen molar-refractivity contribution >= 4 is 72.4 Å². The van der Waals surface area contributed by atoms with Crippen molar-refractivity contribution < 1.29 is 33.4 Å². The van der Waals surface area contributed by atoms with Crippen molar-refractivity contribution in [2.24, 2.45) is 0 Å². The Morgan fingerprint density at radius 2 is 0.935 bits per heavy atom. The summed E-state index contributed by atoms with van der Waals surface area (Å²) < 4.78 is 17.0. The van der Waals surface area contributed by atoms with Gasteiger partial charge in [-0.1, -0.05) is 107 Å². The van der Waals surface area contributed by atoms with E-state index in [-0.39, 0.29) is 17.7 Å². The number of esters is 3. The van der Waals surface area contributed by atoms with E-state index in [9.17, 15) is 19.2 Å². The van der Waals surface area contributed by atoms with Crippen molar-refractivity contribution in [3.63, 3.8) is 0 Å². The van der Waals surface area contributed by atoms with E-state index in [1.54, 1.807) is 48.5 Å². The molecule has 0 heterocycles. The van der Waals surface area contributed by atoms with Gasteiger partial charge in [0.1, 0.15) is 6.61 Å². The second-order valence-corrected chi connectivity index (χ2v) is 11.9. The third-order valence-corrected chi connectivity index (χ3v) is 8.42. The van der Waals surface area contributed by atoms with E-state index in [0.717, 1.165) is 32.3 Å². The topological polar surface area (TPSA) is 96.0 Å². The minimum Gasteiger partial charge on any atom is -0.461 e. The van der Waals surface area contributed by atoms with E-state index >= 15 is 0 Å². The van der Waals surface area contributed by atoms with Gasteiger partial charge in [-0.2, -0.15) is 0 Å². The standard InChI is InChI=1S/C38H27BrO7/c39-33(23-44-36(41)30-16-13-24-7-1-4-10-27(24)19-30)35(46-38(43)32-18-15-26-9-3-6-12-29(26)21-32)34(22-40)45-37(42)31-17-14-25-8-2-5-11-28(25)20-31/h1-22,33-35H,23H2/t33-,34+,35+/m1/s1. The second kappa shape index (κ2) is 13.7. The Bertz CT molecular complexity index is 2090. The zero-order valence-electron chi connectivity index (χ0n) is 24.4. The maximum absolute atomic E-state index is 13.4. The Kier molecular flexibility index (Phi) is 9.17. The molecule has 0 N–H and O–H groups in total. The summed E-state index contributed by atoms with van der Waals surface area (Å²) in [5, 5.41) is 5.35. The molecular weight excluding hydrogens is 648 g/mol. The van der Waals surface area contributed by atoms with Crippen LogP contribution < -0.4 is 0 Å². The van der Waals surface area contributed by atoms with Crippen LogP contribution in [0.25, 0.3) is 32.3 Å². The Morgan fingerprint density at radius 3 is 1.37 bits per heavy atom. The first-order chi connectivity index (χ1) is 22.4. The molecule has 6 aromatic rings. The molecule has 46 heavy (non-hydrogen) atoms. The number of halogens is 1. The summed E-state index contributed by atoms with van der Waals surface area (Å²) in [6.45, 7) is -0.292. The van der Waals surface area contributed by atoms with Crippen LogP contribution in [0.5, 0.6) is 0 Å². The molecule has 0 aromatic heterocycles. The van der Waals surface area contributed by atoms with E-state index < -0.39 is 34.9 Å². The van der Waals surface area contributed by atoms with E-state index in [2.05, 4.69) is 15.9 Å². The lowest BCUT2D eigenvalue weighted by molar-refractivity contribution is -0.122. The predicted octanol–water partition coefficient (Wildman–Crippen LogP) is 7.72. The SMILES string of the molecule is O=C[C@H](OC(=O)c1ccc2ccccc2c1)[C@@H](OC(=O)c1ccc2ccccc2c1)[C@H](Br)COC(=O)c1ccc2ccccc2c1. The highest BCUT2D eigenvalue weighted by Gasteiger charge is 2.36. The minimum atomic E-state index is -1.52.